The molecule has 0 unspecified atom stereocenters. The molecule has 3 rings (SSSR count). The number of hydrogen-bond acceptors (Lipinski definition) is 3. The minimum Gasteiger partial charge on any atom is -0.351 e. The molecule has 0 atom stereocenters. The largest absolute Gasteiger partial charge is 0.351 e. The molecule has 3 nitrogen and oxygen atoms in total. The highest BCUT2D eigenvalue weighted by molar-refractivity contribution is 8.27. The van der Waals surface area contributed by atoms with Crippen LogP contribution >= 0.6 is 35.6 Å². The van der Waals surface area contributed by atoms with Gasteiger partial charge in [0.25, 0.3) is 5.91 Å². The van der Waals surface area contributed by atoms with E-state index in [0.717, 1.165) is 5.69 Å². The Bertz CT molecular complexity index is 767. The van der Waals surface area contributed by atoms with Gasteiger partial charge in [0.05, 0.1) is 15.6 Å². The summed E-state index contributed by atoms with van der Waals surface area (Å²) in [5, 5.41) is 0.508. The molecule has 1 amide bonds. The number of aromatic nitrogens is 1. The number of benzene rings is 1. The summed E-state index contributed by atoms with van der Waals surface area (Å²) in [5.74, 6) is -0.140. The third kappa shape index (κ3) is 2.64. The molecule has 1 fully saturated rings. The van der Waals surface area contributed by atoms with Gasteiger partial charge in [-0.25, -0.2) is 0 Å². The lowest BCUT2D eigenvalue weighted by molar-refractivity contribution is -0.113. The number of carbonyl (C=O) groups is 1. The molecule has 1 aliphatic heterocycles. The normalized spacial score (nSPS) is 17.0. The molecule has 2 heterocycles. The summed E-state index contributed by atoms with van der Waals surface area (Å²) < 4.78 is 2.44. The van der Waals surface area contributed by atoms with E-state index in [1.54, 1.807) is 12.1 Å². The van der Waals surface area contributed by atoms with Crippen LogP contribution in [0, 0.1) is 0 Å². The van der Waals surface area contributed by atoms with E-state index in [9.17, 15) is 4.79 Å². The van der Waals surface area contributed by atoms with Crippen LogP contribution in [-0.2, 0) is 11.8 Å². The smallest absolute Gasteiger partial charge is 0.270 e. The number of carbonyl (C=O) groups excluding carboxylic acids is 1. The van der Waals surface area contributed by atoms with E-state index in [1.165, 1.54) is 16.7 Å². The van der Waals surface area contributed by atoms with Gasteiger partial charge in [-0.15, -0.1) is 0 Å². The average molecular weight is 335 g/mol. The Labute approximate surface area is 137 Å². The van der Waals surface area contributed by atoms with Crippen LogP contribution in [0.2, 0.25) is 5.02 Å². The monoisotopic (exact) mass is 334 g/mol. The van der Waals surface area contributed by atoms with Gasteiger partial charge in [-0.2, -0.15) is 0 Å². The molecule has 0 saturated carbocycles. The number of aryl methyl sites for hydroxylation is 1. The van der Waals surface area contributed by atoms with E-state index in [1.807, 2.05) is 48.2 Å². The van der Waals surface area contributed by atoms with Gasteiger partial charge < -0.3 is 4.57 Å². The van der Waals surface area contributed by atoms with Crippen LogP contribution < -0.4 is 4.90 Å². The highest BCUT2D eigenvalue weighted by Gasteiger charge is 2.34. The molecular weight excluding hydrogens is 324 g/mol. The fourth-order valence-corrected chi connectivity index (χ4v) is 3.56. The molecule has 1 aromatic carbocycles. The lowest BCUT2D eigenvalue weighted by Crippen LogP contribution is -2.27. The number of amides is 1. The highest BCUT2D eigenvalue weighted by Crippen LogP contribution is 2.38. The number of thiocarbonyl (C=S) groups is 1. The Morgan fingerprint density at radius 2 is 2.00 bits per heavy atom. The molecule has 2 aromatic rings. The minimum atomic E-state index is -0.140. The molecule has 0 bridgehead atoms. The molecule has 0 N–H and O–H groups in total. The van der Waals surface area contributed by atoms with E-state index in [0.29, 0.717) is 19.9 Å². The summed E-state index contributed by atoms with van der Waals surface area (Å²) in [6.45, 7) is 0. The van der Waals surface area contributed by atoms with Gasteiger partial charge in [-0.1, -0.05) is 47.7 Å². The van der Waals surface area contributed by atoms with Crippen molar-refractivity contribution in [3.05, 3.63) is 58.2 Å². The molecule has 1 aliphatic rings. The Kier molecular flexibility index (Phi) is 3.89. The van der Waals surface area contributed by atoms with Crippen LogP contribution in [0.5, 0.6) is 0 Å². The summed E-state index contributed by atoms with van der Waals surface area (Å²) in [7, 11) is 1.93. The van der Waals surface area contributed by atoms with Crippen LogP contribution in [0.15, 0.2) is 47.5 Å². The second kappa shape index (κ2) is 5.67. The maximum Gasteiger partial charge on any atom is 0.270 e. The fourth-order valence-electron chi connectivity index (χ4n) is 2.07. The van der Waals surface area contributed by atoms with Crippen molar-refractivity contribution >= 4 is 57.6 Å². The molecule has 6 heteroatoms. The zero-order chi connectivity index (χ0) is 15.0. The van der Waals surface area contributed by atoms with E-state index in [-0.39, 0.29) is 5.91 Å². The Balaban J connectivity index is 1.99. The Morgan fingerprint density at radius 1 is 1.24 bits per heavy atom. The molecule has 0 radical (unpaired) electrons. The molecule has 1 saturated heterocycles. The molecule has 0 aliphatic carbocycles. The lowest BCUT2D eigenvalue weighted by Gasteiger charge is -2.15. The first kappa shape index (κ1) is 14.4. The predicted octanol–water partition coefficient (Wildman–Crippen LogP) is 4.08. The van der Waals surface area contributed by atoms with Crippen LogP contribution in [0.25, 0.3) is 6.08 Å². The first-order valence-corrected chi connectivity index (χ1v) is 7.82. The van der Waals surface area contributed by atoms with E-state index >= 15 is 0 Å². The topological polar surface area (TPSA) is 25.2 Å². The zero-order valence-corrected chi connectivity index (χ0v) is 13.5. The van der Waals surface area contributed by atoms with E-state index in [4.69, 9.17) is 23.8 Å². The van der Waals surface area contributed by atoms with Crippen LogP contribution in [0.3, 0.4) is 0 Å². The number of thioether (sulfide) groups is 1. The van der Waals surface area contributed by atoms with Gasteiger partial charge in [0, 0.05) is 18.9 Å². The third-order valence-corrected chi connectivity index (χ3v) is 4.77. The number of hydrogen-bond donors (Lipinski definition) is 0. The zero-order valence-electron chi connectivity index (χ0n) is 11.1. The van der Waals surface area contributed by atoms with Gasteiger partial charge in [-0.3, -0.25) is 9.69 Å². The predicted molar refractivity (Wildman–Crippen MR) is 92.5 cm³/mol. The maximum atomic E-state index is 12.6. The van der Waals surface area contributed by atoms with Crippen molar-refractivity contribution in [2.24, 2.45) is 7.05 Å². The number of anilines is 1. The van der Waals surface area contributed by atoms with Gasteiger partial charge in [0.15, 0.2) is 4.32 Å². The van der Waals surface area contributed by atoms with Crippen molar-refractivity contribution in [1.82, 2.24) is 4.57 Å². The van der Waals surface area contributed by atoms with Gasteiger partial charge in [0.1, 0.15) is 0 Å². The Morgan fingerprint density at radius 3 is 2.67 bits per heavy atom. The van der Waals surface area contributed by atoms with Gasteiger partial charge in [-0.05, 0) is 30.3 Å². The molecule has 21 heavy (non-hydrogen) atoms. The van der Waals surface area contributed by atoms with Crippen molar-refractivity contribution in [3.8, 4) is 0 Å². The van der Waals surface area contributed by atoms with Crippen molar-refractivity contribution in [2.45, 2.75) is 0 Å². The first-order valence-electron chi connectivity index (χ1n) is 6.22. The van der Waals surface area contributed by atoms with Crippen LogP contribution in [-0.4, -0.2) is 14.8 Å². The number of rotatable bonds is 2. The van der Waals surface area contributed by atoms with E-state index < -0.39 is 0 Å². The van der Waals surface area contributed by atoms with Crippen molar-refractivity contribution in [2.75, 3.05) is 4.90 Å². The van der Waals surface area contributed by atoms with E-state index in [2.05, 4.69) is 0 Å². The van der Waals surface area contributed by atoms with Gasteiger partial charge >= 0.3 is 0 Å². The average Bonchev–Trinajstić information content (AvgIpc) is 2.97. The number of para-hydroxylation sites is 1. The van der Waals surface area contributed by atoms with Crippen molar-refractivity contribution in [1.29, 1.82) is 0 Å². The van der Waals surface area contributed by atoms with Crippen molar-refractivity contribution < 1.29 is 4.79 Å². The lowest BCUT2D eigenvalue weighted by atomic mass is 10.3. The molecule has 0 spiro atoms. The third-order valence-electron chi connectivity index (χ3n) is 3.15. The van der Waals surface area contributed by atoms with Crippen LogP contribution in [0.1, 0.15) is 5.69 Å². The summed E-state index contributed by atoms with van der Waals surface area (Å²) in [6.07, 6.45) is 3.77. The molecular formula is C15H11ClN2OS2. The second-order valence-corrected chi connectivity index (χ2v) is 6.60. The summed E-state index contributed by atoms with van der Waals surface area (Å²) in [5.41, 5.74) is 1.58. The van der Waals surface area contributed by atoms with Crippen molar-refractivity contribution in [3.63, 3.8) is 0 Å². The molecule has 106 valence electrons. The SMILES string of the molecule is Cn1cccc1/C=C1/SC(=S)N(c2ccccc2Cl)C1=O. The van der Waals surface area contributed by atoms with Gasteiger partial charge in [0.2, 0.25) is 0 Å². The standard InChI is InChI=1S/C15H11ClN2OS2/c1-17-8-4-5-10(17)9-13-14(19)18(15(20)21-13)12-7-3-2-6-11(12)16/h2-9H,1H3/b13-9+. The highest BCUT2D eigenvalue weighted by atomic mass is 35.5. The number of nitrogens with zero attached hydrogens (tertiary/aromatic N) is 2. The number of halogens is 1. The summed E-state index contributed by atoms with van der Waals surface area (Å²) in [4.78, 5) is 14.7. The fraction of sp³-hybridized carbons (Fsp3) is 0.0667. The quantitative estimate of drug-likeness (QED) is 0.611. The second-order valence-electron chi connectivity index (χ2n) is 4.51. The summed E-state index contributed by atoms with van der Waals surface area (Å²) in [6, 6.07) is 11.1. The van der Waals surface area contributed by atoms with Crippen LogP contribution in [0.4, 0.5) is 5.69 Å². The molecule has 1 aromatic heterocycles. The Hall–Kier alpha value is -1.56. The maximum absolute atomic E-state index is 12.6. The minimum absolute atomic E-state index is 0.140. The first-order chi connectivity index (χ1) is 10.1. The summed E-state index contributed by atoms with van der Waals surface area (Å²) >= 11 is 12.8.